The zero-order chi connectivity index (χ0) is 17.9. The van der Waals surface area contributed by atoms with E-state index >= 15 is 0 Å². The fraction of sp³-hybridized carbons (Fsp3) is 0.381. The molecule has 0 bridgehead atoms. The van der Waals surface area contributed by atoms with Crippen LogP contribution in [0.15, 0.2) is 54.6 Å². The highest BCUT2D eigenvalue weighted by Gasteiger charge is 2.07. The number of carbonyl (C=O) groups excluding carboxylic acids is 1. The lowest BCUT2D eigenvalue weighted by atomic mass is 10.1. The molecule has 0 aliphatic rings. The fourth-order valence-corrected chi connectivity index (χ4v) is 2.74. The van der Waals surface area contributed by atoms with Gasteiger partial charge in [-0.05, 0) is 43.3 Å². The largest absolute Gasteiger partial charge is 0.351 e. The Morgan fingerprint density at radius 2 is 1.64 bits per heavy atom. The van der Waals surface area contributed by atoms with Crippen molar-refractivity contribution in [2.75, 3.05) is 26.7 Å². The van der Waals surface area contributed by atoms with Gasteiger partial charge in [-0.3, -0.25) is 9.69 Å². The molecule has 0 radical (unpaired) electrons. The van der Waals surface area contributed by atoms with E-state index in [2.05, 4.69) is 59.8 Å². The first-order valence-electron chi connectivity index (χ1n) is 8.99. The number of nitrogens with zero attached hydrogens (tertiary/aromatic N) is 1. The molecule has 4 heteroatoms. The summed E-state index contributed by atoms with van der Waals surface area (Å²) >= 11 is 0. The number of amides is 1. The molecule has 1 amide bonds. The number of carbonyl (C=O) groups is 1. The minimum absolute atomic E-state index is 0.00846. The average molecular weight is 339 g/mol. The van der Waals surface area contributed by atoms with Gasteiger partial charge in [-0.2, -0.15) is 0 Å². The summed E-state index contributed by atoms with van der Waals surface area (Å²) in [6.45, 7) is 6.27. The molecule has 0 fully saturated rings. The van der Waals surface area contributed by atoms with Gasteiger partial charge in [0.1, 0.15) is 0 Å². The predicted molar refractivity (Wildman–Crippen MR) is 104 cm³/mol. The minimum Gasteiger partial charge on any atom is -0.351 e. The van der Waals surface area contributed by atoms with E-state index in [4.69, 9.17) is 0 Å². The maximum Gasteiger partial charge on any atom is 0.251 e. The monoisotopic (exact) mass is 339 g/mol. The third kappa shape index (κ3) is 7.08. The molecule has 0 aliphatic heterocycles. The van der Waals surface area contributed by atoms with Gasteiger partial charge in [-0.15, -0.1) is 0 Å². The highest BCUT2D eigenvalue weighted by atomic mass is 16.1. The lowest BCUT2D eigenvalue weighted by molar-refractivity contribution is 0.0953. The van der Waals surface area contributed by atoms with Crippen LogP contribution in [0.4, 0.5) is 0 Å². The molecule has 0 aliphatic carbocycles. The lowest BCUT2D eigenvalue weighted by Gasteiger charge is -2.17. The van der Waals surface area contributed by atoms with Crippen molar-refractivity contribution >= 4 is 5.91 Å². The van der Waals surface area contributed by atoms with Gasteiger partial charge in [0, 0.05) is 31.7 Å². The van der Waals surface area contributed by atoms with E-state index in [9.17, 15) is 4.79 Å². The molecule has 2 aromatic carbocycles. The van der Waals surface area contributed by atoms with Gasteiger partial charge in [-0.1, -0.05) is 49.4 Å². The van der Waals surface area contributed by atoms with Crippen LogP contribution in [-0.4, -0.2) is 37.5 Å². The van der Waals surface area contributed by atoms with E-state index < -0.39 is 0 Å². The van der Waals surface area contributed by atoms with Crippen LogP contribution in [0.5, 0.6) is 0 Å². The summed E-state index contributed by atoms with van der Waals surface area (Å²) in [7, 11) is 2.10. The summed E-state index contributed by atoms with van der Waals surface area (Å²) < 4.78 is 0. The topological polar surface area (TPSA) is 44.4 Å². The number of hydrogen-bond acceptors (Lipinski definition) is 3. The van der Waals surface area contributed by atoms with Crippen LogP contribution >= 0.6 is 0 Å². The zero-order valence-electron chi connectivity index (χ0n) is 15.3. The summed E-state index contributed by atoms with van der Waals surface area (Å²) in [5.74, 6) is -0.00846. The van der Waals surface area contributed by atoms with Crippen LogP contribution in [0.2, 0.25) is 0 Å². The van der Waals surface area contributed by atoms with Crippen molar-refractivity contribution in [2.24, 2.45) is 0 Å². The minimum atomic E-state index is -0.00846. The molecule has 0 saturated carbocycles. The molecular weight excluding hydrogens is 310 g/mol. The van der Waals surface area contributed by atoms with Crippen molar-refractivity contribution in [1.82, 2.24) is 15.5 Å². The van der Waals surface area contributed by atoms with Gasteiger partial charge < -0.3 is 10.6 Å². The lowest BCUT2D eigenvalue weighted by Crippen LogP contribution is -2.32. The highest BCUT2D eigenvalue weighted by Crippen LogP contribution is 2.10. The molecule has 0 saturated heterocycles. The molecular formula is C21H29N3O. The Bertz CT molecular complexity index is 643. The first-order valence-corrected chi connectivity index (χ1v) is 8.99. The van der Waals surface area contributed by atoms with Gasteiger partial charge in [0.05, 0.1) is 0 Å². The van der Waals surface area contributed by atoms with E-state index in [-0.39, 0.29) is 5.91 Å². The molecule has 2 N–H and O–H groups in total. The second-order valence-electron chi connectivity index (χ2n) is 6.36. The van der Waals surface area contributed by atoms with Gasteiger partial charge in [0.25, 0.3) is 5.91 Å². The first-order chi connectivity index (χ1) is 12.2. The Hall–Kier alpha value is -2.17. The number of nitrogens with one attached hydrogen (secondary N) is 2. The molecule has 0 aromatic heterocycles. The Morgan fingerprint density at radius 3 is 2.40 bits per heavy atom. The van der Waals surface area contributed by atoms with E-state index in [0.717, 1.165) is 43.7 Å². The standard InChI is InChI=1S/C21H29N3O/c1-3-12-22-13-14-23-21(25)20-11-7-10-19(15-20)17-24(2)16-18-8-5-4-6-9-18/h4-11,15,22H,3,12-14,16-17H2,1-2H3,(H,23,25). The quantitative estimate of drug-likeness (QED) is 0.654. The zero-order valence-corrected chi connectivity index (χ0v) is 15.3. The molecule has 25 heavy (non-hydrogen) atoms. The second kappa shape index (κ2) is 10.6. The first kappa shape index (κ1) is 19.2. The summed E-state index contributed by atoms with van der Waals surface area (Å²) in [5.41, 5.74) is 3.16. The van der Waals surface area contributed by atoms with Crippen LogP contribution in [0, 0.1) is 0 Å². The van der Waals surface area contributed by atoms with Crippen LogP contribution < -0.4 is 10.6 Å². The van der Waals surface area contributed by atoms with Gasteiger partial charge >= 0.3 is 0 Å². The molecule has 2 aromatic rings. The number of rotatable bonds is 10. The van der Waals surface area contributed by atoms with Crippen molar-refractivity contribution in [3.8, 4) is 0 Å². The Labute approximate surface area is 151 Å². The average Bonchev–Trinajstić information content (AvgIpc) is 2.62. The van der Waals surface area contributed by atoms with Crippen molar-refractivity contribution in [2.45, 2.75) is 26.4 Å². The Morgan fingerprint density at radius 1 is 0.920 bits per heavy atom. The smallest absolute Gasteiger partial charge is 0.251 e. The highest BCUT2D eigenvalue weighted by molar-refractivity contribution is 5.94. The Balaban J connectivity index is 1.84. The summed E-state index contributed by atoms with van der Waals surface area (Å²) in [6.07, 6.45) is 1.10. The molecule has 0 unspecified atom stereocenters. The number of hydrogen-bond donors (Lipinski definition) is 2. The van der Waals surface area contributed by atoms with Crippen molar-refractivity contribution in [3.63, 3.8) is 0 Å². The summed E-state index contributed by atoms with van der Waals surface area (Å²) in [5, 5.41) is 6.24. The van der Waals surface area contributed by atoms with Gasteiger partial charge in [0.15, 0.2) is 0 Å². The van der Waals surface area contributed by atoms with Crippen LogP contribution in [0.1, 0.15) is 34.8 Å². The third-order valence-corrected chi connectivity index (χ3v) is 3.95. The fourth-order valence-electron chi connectivity index (χ4n) is 2.74. The molecule has 4 nitrogen and oxygen atoms in total. The molecule has 0 heterocycles. The third-order valence-electron chi connectivity index (χ3n) is 3.95. The molecule has 0 spiro atoms. The molecule has 2 rings (SSSR count). The van der Waals surface area contributed by atoms with E-state index in [1.54, 1.807) is 0 Å². The van der Waals surface area contributed by atoms with Crippen LogP contribution in [0.3, 0.4) is 0 Å². The maximum absolute atomic E-state index is 12.3. The Kier molecular flexibility index (Phi) is 8.16. The van der Waals surface area contributed by atoms with Crippen molar-refractivity contribution < 1.29 is 4.79 Å². The summed E-state index contributed by atoms with van der Waals surface area (Å²) in [6, 6.07) is 18.3. The normalized spacial score (nSPS) is 10.8. The van der Waals surface area contributed by atoms with E-state index in [1.165, 1.54) is 5.56 Å². The van der Waals surface area contributed by atoms with Crippen molar-refractivity contribution in [1.29, 1.82) is 0 Å². The van der Waals surface area contributed by atoms with E-state index in [0.29, 0.717) is 6.54 Å². The number of benzene rings is 2. The molecule has 134 valence electrons. The SMILES string of the molecule is CCCNCCNC(=O)c1cccc(CN(C)Cc2ccccc2)c1. The van der Waals surface area contributed by atoms with E-state index in [1.807, 2.05) is 24.3 Å². The predicted octanol–water partition coefficient (Wildman–Crippen LogP) is 3.05. The van der Waals surface area contributed by atoms with Crippen LogP contribution in [-0.2, 0) is 13.1 Å². The molecule has 0 atom stereocenters. The van der Waals surface area contributed by atoms with Crippen molar-refractivity contribution in [3.05, 3.63) is 71.3 Å². The summed E-state index contributed by atoms with van der Waals surface area (Å²) in [4.78, 5) is 14.5. The van der Waals surface area contributed by atoms with Crippen LogP contribution in [0.25, 0.3) is 0 Å². The van der Waals surface area contributed by atoms with Gasteiger partial charge in [0.2, 0.25) is 0 Å². The van der Waals surface area contributed by atoms with Gasteiger partial charge in [-0.25, -0.2) is 0 Å². The maximum atomic E-state index is 12.3. The second-order valence-corrected chi connectivity index (χ2v) is 6.36.